The topological polar surface area (TPSA) is 30.5 Å². The molecule has 1 N–H and O–H groups in total. The molecule has 18 heavy (non-hydrogen) atoms. The Labute approximate surface area is 110 Å². The summed E-state index contributed by atoms with van der Waals surface area (Å²) < 4.78 is 10.6. The van der Waals surface area contributed by atoms with Gasteiger partial charge in [-0.15, -0.1) is 0 Å². The molecule has 0 spiro atoms. The molecule has 1 aromatic carbocycles. The highest BCUT2D eigenvalue weighted by atomic mass is 16.7. The lowest BCUT2D eigenvalue weighted by atomic mass is 9.99. The van der Waals surface area contributed by atoms with Crippen molar-refractivity contribution in [2.45, 2.75) is 38.5 Å². The molecule has 0 aromatic heterocycles. The maximum Gasteiger partial charge on any atom is 0.172 e. The smallest absolute Gasteiger partial charge is 0.172 e. The number of methoxy groups -OCH3 is 2. The number of hydrogen-bond acceptors (Lipinski definition) is 3. The largest absolute Gasteiger partial charge is 0.354 e. The van der Waals surface area contributed by atoms with E-state index in [1.807, 2.05) is 7.05 Å². The van der Waals surface area contributed by atoms with Gasteiger partial charge in [-0.1, -0.05) is 38.1 Å². The standard InChI is InChI=1S/C15H25NO2/c1-11(2)13-8-6-12(7-9-13)10-14(16-3)15(17-4)18-5/h6-9,11,14-16H,10H2,1-5H3. The zero-order valence-corrected chi connectivity index (χ0v) is 12.1. The van der Waals surface area contributed by atoms with E-state index in [0.717, 1.165) is 6.42 Å². The van der Waals surface area contributed by atoms with Crippen LogP contribution in [0, 0.1) is 0 Å². The SMILES string of the molecule is CNC(Cc1ccc(C(C)C)cc1)C(OC)OC. The zero-order valence-electron chi connectivity index (χ0n) is 12.1. The Kier molecular flexibility index (Phi) is 6.33. The van der Waals surface area contributed by atoms with Gasteiger partial charge in [-0.05, 0) is 30.5 Å². The van der Waals surface area contributed by atoms with Crippen molar-refractivity contribution in [3.63, 3.8) is 0 Å². The van der Waals surface area contributed by atoms with Crippen molar-refractivity contribution < 1.29 is 9.47 Å². The minimum Gasteiger partial charge on any atom is -0.354 e. The van der Waals surface area contributed by atoms with Gasteiger partial charge in [-0.25, -0.2) is 0 Å². The van der Waals surface area contributed by atoms with Gasteiger partial charge in [-0.3, -0.25) is 0 Å². The third-order valence-electron chi connectivity index (χ3n) is 3.27. The van der Waals surface area contributed by atoms with E-state index in [1.165, 1.54) is 11.1 Å². The summed E-state index contributed by atoms with van der Waals surface area (Å²) >= 11 is 0. The predicted molar refractivity (Wildman–Crippen MR) is 74.9 cm³/mol. The summed E-state index contributed by atoms with van der Waals surface area (Å²) in [6, 6.07) is 8.91. The molecule has 0 aliphatic carbocycles. The summed E-state index contributed by atoms with van der Waals surface area (Å²) in [5, 5.41) is 3.24. The number of rotatable bonds is 7. The predicted octanol–water partition coefficient (Wildman–Crippen LogP) is 2.56. The first-order chi connectivity index (χ1) is 8.62. The van der Waals surface area contributed by atoms with Crippen LogP contribution in [0.3, 0.4) is 0 Å². The molecule has 1 unspecified atom stereocenters. The van der Waals surface area contributed by atoms with E-state index in [1.54, 1.807) is 14.2 Å². The van der Waals surface area contributed by atoms with Crippen LogP contribution in [0.4, 0.5) is 0 Å². The lowest BCUT2D eigenvalue weighted by Crippen LogP contribution is -2.41. The van der Waals surface area contributed by atoms with Crippen molar-refractivity contribution in [2.24, 2.45) is 0 Å². The lowest BCUT2D eigenvalue weighted by molar-refractivity contribution is -0.121. The first-order valence-electron chi connectivity index (χ1n) is 6.44. The first-order valence-corrected chi connectivity index (χ1v) is 6.44. The molecule has 0 heterocycles. The third-order valence-corrected chi connectivity index (χ3v) is 3.27. The van der Waals surface area contributed by atoms with Crippen molar-refractivity contribution >= 4 is 0 Å². The van der Waals surface area contributed by atoms with Gasteiger partial charge >= 0.3 is 0 Å². The maximum absolute atomic E-state index is 5.30. The molecule has 3 nitrogen and oxygen atoms in total. The minimum atomic E-state index is -0.222. The van der Waals surface area contributed by atoms with Crippen molar-refractivity contribution in [3.05, 3.63) is 35.4 Å². The van der Waals surface area contributed by atoms with Gasteiger partial charge in [0, 0.05) is 14.2 Å². The van der Waals surface area contributed by atoms with Crippen LogP contribution in [-0.4, -0.2) is 33.6 Å². The molecule has 1 rings (SSSR count). The Morgan fingerprint density at radius 2 is 1.61 bits per heavy atom. The van der Waals surface area contributed by atoms with Gasteiger partial charge in [0.25, 0.3) is 0 Å². The monoisotopic (exact) mass is 251 g/mol. The summed E-state index contributed by atoms with van der Waals surface area (Å²) in [6.45, 7) is 4.41. The quantitative estimate of drug-likeness (QED) is 0.756. The average molecular weight is 251 g/mol. The molecule has 0 saturated heterocycles. The molecule has 1 atom stereocenters. The summed E-state index contributed by atoms with van der Waals surface area (Å²) in [5.74, 6) is 0.574. The Morgan fingerprint density at radius 1 is 1.06 bits per heavy atom. The van der Waals surface area contributed by atoms with Crippen molar-refractivity contribution in [3.8, 4) is 0 Å². The fourth-order valence-corrected chi connectivity index (χ4v) is 2.05. The number of hydrogen-bond donors (Lipinski definition) is 1. The summed E-state index contributed by atoms with van der Waals surface area (Å²) in [5.41, 5.74) is 2.66. The van der Waals surface area contributed by atoms with Crippen molar-refractivity contribution in [1.82, 2.24) is 5.32 Å². The van der Waals surface area contributed by atoms with Crippen LogP contribution in [0.2, 0.25) is 0 Å². The van der Waals surface area contributed by atoms with E-state index in [-0.39, 0.29) is 12.3 Å². The fourth-order valence-electron chi connectivity index (χ4n) is 2.05. The van der Waals surface area contributed by atoms with Crippen molar-refractivity contribution in [2.75, 3.05) is 21.3 Å². The highest BCUT2D eigenvalue weighted by Crippen LogP contribution is 2.16. The molecule has 0 saturated carbocycles. The van der Waals surface area contributed by atoms with Crippen LogP contribution in [-0.2, 0) is 15.9 Å². The van der Waals surface area contributed by atoms with Crippen LogP contribution >= 0.6 is 0 Å². The molecular formula is C15H25NO2. The van der Waals surface area contributed by atoms with Gasteiger partial charge in [0.2, 0.25) is 0 Å². The third kappa shape index (κ3) is 4.09. The van der Waals surface area contributed by atoms with Crippen LogP contribution in [0.1, 0.15) is 30.9 Å². The molecule has 0 aliphatic rings. The molecule has 1 aromatic rings. The fraction of sp³-hybridized carbons (Fsp3) is 0.600. The highest BCUT2D eigenvalue weighted by Gasteiger charge is 2.19. The highest BCUT2D eigenvalue weighted by molar-refractivity contribution is 5.25. The average Bonchev–Trinajstić information content (AvgIpc) is 2.39. The normalized spacial score (nSPS) is 13.3. The molecule has 102 valence electrons. The van der Waals surface area contributed by atoms with E-state index in [2.05, 4.69) is 43.4 Å². The molecule has 0 bridgehead atoms. The first kappa shape index (κ1) is 15.2. The molecule has 0 fully saturated rings. The molecule has 3 heteroatoms. The van der Waals surface area contributed by atoms with Crippen LogP contribution in [0.25, 0.3) is 0 Å². The molecule has 0 amide bonds. The van der Waals surface area contributed by atoms with E-state index in [4.69, 9.17) is 9.47 Å². The zero-order chi connectivity index (χ0) is 13.5. The minimum absolute atomic E-state index is 0.157. The maximum atomic E-state index is 5.30. The molecule has 0 radical (unpaired) electrons. The van der Waals surface area contributed by atoms with Gasteiger partial charge in [0.15, 0.2) is 6.29 Å². The van der Waals surface area contributed by atoms with Crippen LogP contribution in [0.5, 0.6) is 0 Å². The van der Waals surface area contributed by atoms with E-state index in [9.17, 15) is 0 Å². The Hall–Kier alpha value is -0.900. The van der Waals surface area contributed by atoms with Crippen LogP contribution < -0.4 is 5.32 Å². The van der Waals surface area contributed by atoms with E-state index < -0.39 is 0 Å². The molecule has 0 aliphatic heterocycles. The molecular weight excluding hydrogens is 226 g/mol. The van der Waals surface area contributed by atoms with Gasteiger partial charge in [0.05, 0.1) is 6.04 Å². The summed E-state index contributed by atoms with van der Waals surface area (Å²) in [7, 11) is 5.26. The number of benzene rings is 1. The second kappa shape index (κ2) is 7.52. The Morgan fingerprint density at radius 3 is 2.00 bits per heavy atom. The van der Waals surface area contributed by atoms with E-state index >= 15 is 0 Å². The Balaban J connectivity index is 2.70. The van der Waals surface area contributed by atoms with E-state index in [0.29, 0.717) is 5.92 Å². The summed E-state index contributed by atoms with van der Waals surface area (Å²) in [4.78, 5) is 0. The van der Waals surface area contributed by atoms with Gasteiger partial charge in [0.1, 0.15) is 0 Å². The van der Waals surface area contributed by atoms with Crippen molar-refractivity contribution in [1.29, 1.82) is 0 Å². The van der Waals surface area contributed by atoms with Gasteiger partial charge < -0.3 is 14.8 Å². The second-order valence-corrected chi connectivity index (χ2v) is 4.84. The number of ether oxygens (including phenoxy) is 2. The van der Waals surface area contributed by atoms with Gasteiger partial charge in [-0.2, -0.15) is 0 Å². The number of likely N-dealkylation sites (N-methyl/N-ethyl adjacent to an activating group) is 1. The van der Waals surface area contributed by atoms with Crippen LogP contribution in [0.15, 0.2) is 24.3 Å². The summed E-state index contributed by atoms with van der Waals surface area (Å²) in [6.07, 6.45) is 0.668. The second-order valence-electron chi connectivity index (χ2n) is 4.84. The lowest BCUT2D eigenvalue weighted by Gasteiger charge is -2.24. The Bertz CT molecular complexity index is 331. The number of nitrogens with one attached hydrogen (secondary N) is 1.